The average molecular weight is 1110 g/mol. The van der Waals surface area contributed by atoms with E-state index in [1.807, 2.05) is 84.0 Å². The van der Waals surface area contributed by atoms with Crippen molar-refractivity contribution in [3.05, 3.63) is 228 Å². The Morgan fingerprint density at radius 1 is 0.470 bits per heavy atom. The summed E-state index contributed by atoms with van der Waals surface area (Å²) in [6.07, 6.45) is 10.4. The van der Waals surface area contributed by atoms with E-state index in [0.29, 0.717) is 62.4 Å². The summed E-state index contributed by atoms with van der Waals surface area (Å²) in [6.45, 7) is 5.63. The van der Waals surface area contributed by atoms with Gasteiger partial charge in [0.25, 0.3) is 11.8 Å². The standard InChI is InChI=1S/C69H76N10O4/c80-67(75-41-39-73(45-53-27-11-3-12-28-53)47-57(75)43-51-23-7-1-8-24-51)63-65(55-31-15-5-16-32-55)77(49-70-63)60-36-20-19-35-59(60)72-79(69(82)83)62-38-22-21-37-61(62)78-50-71-64(66(78)56-33-17-6-18-34-56)68(81)76-42-40-74(46-54-29-13-4-14-30-54)48-58(76)44-52-25-9-2-10-26-52/h1-18,23-34,49-50,57-62,72H,19-22,35-48H2,(H,82,83)/t57-,58-,59+,60+,61+,62+/m1/s1. The van der Waals surface area contributed by atoms with Gasteiger partial charge in [0.1, 0.15) is 0 Å². The Bertz CT molecular complexity index is 3400. The predicted octanol–water partition coefficient (Wildman–Crippen LogP) is 11.7. The molecule has 12 rings (SSSR count). The Morgan fingerprint density at radius 3 is 1.30 bits per heavy atom. The number of carbonyl (C=O) groups excluding carboxylic acids is 2. The second-order valence-electron chi connectivity index (χ2n) is 23.2. The van der Waals surface area contributed by atoms with E-state index in [-0.39, 0.29) is 42.0 Å². The molecule has 6 atom stereocenters. The van der Waals surface area contributed by atoms with Crippen LogP contribution >= 0.6 is 0 Å². The van der Waals surface area contributed by atoms with E-state index in [1.165, 1.54) is 27.3 Å². The molecular formula is C69H76N10O4. The summed E-state index contributed by atoms with van der Waals surface area (Å²) in [5.74, 6) is -0.206. The number of nitrogens with one attached hydrogen (secondary N) is 1. The van der Waals surface area contributed by atoms with Crippen LogP contribution in [0.15, 0.2) is 195 Å². The number of aromatic nitrogens is 4. The molecule has 0 unspecified atom stereocenters. The van der Waals surface area contributed by atoms with Crippen LogP contribution in [-0.4, -0.2) is 130 Å². The molecule has 83 heavy (non-hydrogen) atoms. The van der Waals surface area contributed by atoms with E-state index < -0.39 is 12.1 Å². The molecule has 2 aliphatic carbocycles. The quantitative estimate of drug-likeness (QED) is 0.0855. The van der Waals surface area contributed by atoms with Gasteiger partial charge in [-0.25, -0.2) is 25.2 Å². The minimum Gasteiger partial charge on any atom is -0.464 e. The van der Waals surface area contributed by atoms with Gasteiger partial charge in [-0.15, -0.1) is 0 Å². The lowest BCUT2D eigenvalue weighted by atomic mass is 9.88. The van der Waals surface area contributed by atoms with Gasteiger partial charge in [0.15, 0.2) is 11.4 Å². The number of hydrogen-bond donors (Lipinski definition) is 2. The minimum atomic E-state index is -1.05. The third-order valence-corrected chi connectivity index (χ3v) is 17.8. The Labute approximate surface area is 488 Å². The first-order chi connectivity index (χ1) is 40.8. The van der Waals surface area contributed by atoms with E-state index in [2.05, 4.69) is 138 Å². The van der Waals surface area contributed by atoms with Gasteiger partial charge in [0, 0.05) is 81.6 Å². The third kappa shape index (κ3) is 12.6. The van der Waals surface area contributed by atoms with Crippen molar-refractivity contribution in [1.29, 1.82) is 0 Å². The Kier molecular flexibility index (Phi) is 17.3. The summed E-state index contributed by atoms with van der Waals surface area (Å²) < 4.78 is 4.29. The van der Waals surface area contributed by atoms with Crippen molar-refractivity contribution in [1.82, 2.24) is 49.1 Å². The van der Waals surface area contributed by atoms with Gasteiger partial charge >= 0.3 is 6.09 Å². The molecule has 14 nitrogen and oxygen atoms in total. The first kappa shape index (κ1) is 55.4. The van der Waals surface area contributed by atoms with Crippen LogP contribution in [0.2, 0.25) is 0 Å². The molecule has 2 saturated carbocycles. The molecule has 4 aliphatic rings. The van der Waals surface area contributed by atoms with Crippen LogP contribution in [0.1, 0.15) is 107 Å². The van der Waals surface area contributed by atoms with E-state index in [1.54, 1.807) is 6.33 Å². The van der Waals surface area contributed by atoms with Crippen molar-refractivity contribution in [3.63, 3.8) is 0 Å². The fourth-order valence-electron chi connectivity index (χ4n) is 13.8. The molecule has 2 aliphatic heterocycles. The van der Waals surface area contributed by atoms with Crippen molar-refractivity contribution in [2.45, 2.75) is 114 Å². The molecule has 426 valence electrons. The number of amides is 3. The van der Waals surface area contributed by atoms with Gasteiger partial charge in [-0.1, -0.05) is 208 Å². The van der Waals surface area contributed by atoms with Gasteiger partial charge in [0.2, 0.25) is 0 Å². The topological polar surface area (TPSA) is 135 Å². The molecule has 3 amide bonds. The van der Waals surface area contributed by atoms with Crippen molar-refractivity contribution >= 4 is 17.9 Å². The van der Waals surface area contributed by atoms with Gasteiger partial charge in [-0.3, -0.25) is 19.4 Å². The first-order valence-corrected chi connectivity index (χ1v) is 30.1. The summed E-state index contributed by atoms with van der Waals surface area (Å²) in [6, 6.07) is 60.5. The van der Waals surface area contributed by atoms with Gasteiger partial charge in [-0.2, -0.15) is 0 Å². The van der Waals surface area contributed by atoms with Crippen LogP contribution in [0.5, 0.6) is 0 Å². The average Bonchev–Trinajstić information content (AvgIpc) is 4.42. The van der Waals surface area contributed by atoms with E-state index in [4.69, 9.17) is 9.97 Å². The zero-order valence-corrected chi connectivity index (χ0v) is 47.4. The van der Waals surface area contributed by atoms with Crippen LogP contribution in [0, 0.1) is 0 Å². The van der Waals surface area contributed by atoms with Crippen LogP contribution in [0.4, 0.5) is 4.79 Å². The van der Waals surface area contributed by atoms with Crippen LogP contribution in [-0.2, 0) is 25.9 Å². The molecule has 0 spiro atoms. The molecule has 2 N–H and O–H groups in total. The summed E-state index contributed by atoms with van der Waals surface area (Å²) in [7, 11) is 0. The predicted molar refractivity (Wildman–Crippen MR) is 324 cm³/mol. The zero-order valence-electron chi connectivity index (χ0n) is 47.4. The fraction of sp³-hybridized carbons (Fsp3) is 0.348. The first-order valence-electron chi connectivity index (χ1n) is 30.1. The monoisotopic (exact) mass is 1110 g/mol. The zero-order chi connectivity index (χ0) is 56.5. The van der Waals surface area contributed by atoms with Gasteiger partial charge in [0.05, 0.1) is 42.2 Å². The number of hydrogen-bond acceptors (Lipinski definition) is 8. The van der Waals surface area contributed by atoms with Crippen molar-refractivity contribution in [2.75, 3.05) is 39.3 Å². The number of nitrogens with zero attached hydrogens (tertiary/aromatic N) is 9. The molecule has 0 radical (unpaired) electrons. The lowest BCUT2D eigenvalue weighted by molar-refractivity contribution is 0.0310. The van der Waals surface area contributed by atoms with E-state index in [0.717, 1.165) is 88.1 Å². The van der Waals surface area contributed by atoms with Crippen molar-refractivity contribution in [2.24, 2.45) is 0 Å². The van der Waals surface area contributed by atoms with Crippen molar-refractivity contribution in [3.8, 4) is 22.5 Å². The number of piperazine rings is 2. The van der Waals surface area contributed by atoms with Crippen LogP contribution in [0.25, 0.3) is 22.5 Å². The van der Waals surface area contributed by atoms with E-state index >= 15 is 9.59 Å². The molecule has 2 aromatic heterocycles. The SMILES string of the molecule is O=C(c1ncn([C@H]2CCCC[C@@H]2NN(C(=O)O)[C@H]2CCCC[C@@H]2n2cnc(C(=O)N3CCN(Cc4ccccc4)C[C@H]3Cc3ccccc3)c2-c2ccccc2)c1-c1ccccc1)N1CCN(Cc2ccccc2)C[C@H]1Cc1ccccc1. The molecule has 8 aromatic rings. The largest absolute Gasteiger partial charge is 0.464 e. The maximum Gasteiger partial charge on any atom is 0.422 e. The third-order valence-electron chi connectivity index (χ3n) is 17.8. The summed E-state index contributed by atoms with van der Waals surface area (Å²) in [5.41, 5.74) is 12.5. The molecule has 4 fully saturated rings. The molecule has 4 heterocycles. The van der Waals surface area contributed by atoms with Gasteiger partial charge in [-0.05, 0) is 60.8 Å². The molecule has 14 heteroatoms. The highest BCUT2D eigenvalue weighted by Crippen LogP contribution is 2.40. The number of rotatable bonds is 17. The Balaban J connectivity index is 0.838. The Morgan fingerprint density at radius 2 is 0.855 bits per heavy atom. The molecular weight excluding hydrogens is 1030 g/mol. The highest BCUT2D eigenvalue weighted by atomic mass is 16.4. The normalized spacial score (nSPS) is 21.6. The number of hydrazine groups is 1. The molecule has 0 bridgehead atoms. The lowest BCUT2D eigenvalue weighted by Gasteiger charge is -2.44. The Hall–Kier alpha value is -8.17. The number of carbonyl (C=O) groups is 3. The lowest BCUT2D eigenvalue weighted by Crippen LogP contribution is -2.58. The highest BCUT2D eigenvalue weighted by Gasteiger charge is 2.42. The summed E-state index contributed by atoms with van der Waals surface area (Å²) in [4.78, 5) is 64.0. The molecule has 6 aromatic carbocycles. The van der Waals surface area contributed by atoms with Gasteiger partial charge < -0.3 is 24.0 Å². The van der Waals surface area contributed by atoms with E-state index in [9.17, 15) is 9.90 Å². The second-order valence-corrected chi connectivity index (χ2v) is 23.2. The maximum absolute atomic E-state index is 15.4. The summed E-state index contributed by atoms with van der Waals surface area (Å²) in [5, 5.41) is 13.0. The number of benzene rings is 6. The van der Waals surface area contributed by atoms with Crippen molar-refractivity contribution < 1.29 is 19.5 Å². The smallest absolute Gasteiger partial charge is 0.422 e. The number of carboxylic acid groups (broad SMARTS) is 1. The second kappa shape index (κ2) is 26.0. The maximum atomic E-state index is 15.4. The van der Waals surface area contributed by atoms with Crippen LogP contribution in [0.3, 0.4) is 0 Å². The fourth-order valence-corrected chi connectivity index (χ4v) is 13.8. The highest BCUT2D eigenvalue weighted by molar-refractivity contribution is 5.99. The minimum absolute atomic E-state index is 0.0858. The number of imidazole rings is 2. The molecule has 2 saturated heterocycles. The summed E-state index contributed by atoms with van der Waals surface area (Å²) >= 11 is 0. The van der Waals surface area contributed by atoms with Crippen LogP contribution < -0.4 is 5.43 Å².